The predicted molar refractivity (Wildman–Crippen MR) is 77.4 cm³/mol. The Morgan fingerprint density at radius 3 is 3.00 bits per heavy atom. The molecule has 0 bridgehead atoms. The van der Waals surface area contributed by atoms with Crippen molar-refractivity contribution in [3.8, 4) is 0 Å². The van der Waals surface area contributed by atoms with E-state index in [2.05, 4.69) is 28.7 Å². The molecule has 2 aliphatic rings. The molecule has 4 nitrogen and oxygen atoms in total. The van der Waals surface area contributed by atoms with Gasteiger partial charge in [0.2, 0.25) is 0 Å². The van der Waals surface area contributed by atoms with Crippen LogP contribution in [0, 0.1) is 0 Å². The second-order valence-electron chi connectivity index (χ2n) is 5.24. The zero-order chi connectivity index (χ0) is 13.4. The van der Waals surface area contributed by atoms with Gasteiger partial charge >= 0.3 is 0 Å². The number of rotatable bonds is 2. The number of thioether (sulfide) groups is 1. The van der Waals surface area contributed by atoms with E-state index >= 15 is 0 Å². The number of aromatic nitrogens is 2. The maximum Gasteiger partial charge on any atom is 0.160 e. The number of ether oxygens (including phenoxy) is 1. The number of hydrogen-bond donors (Lipinski definition) is 0. The van der Waals surface area contributed by atoms with Gasteiger partial charge in [0.05, 0.1) is 12.3 Å². The van der Waals surface area contributed by atoms with E-state index < -0.39 is 0 Å². The summed E-state index contributed by atoms with van der Waals surface area (Å²) in [4.78, 5) is 11.5. The van der Waals surface area contributed by atoms with Gasteiger partial charge in [-0.3, -0.25) is 4.90 Å². The first kappa shape index (κ1) is 13.6. The fourth-order valence-corrected chi connectivity index (χ4v) is 3.85. The van der Waals surface area contributed by atoms with Crippen molar-refractivity contribution in [2.45, 2.75) is 37.5 Å². The Hall–Kier alpha value is -0.360. The summed E-state index contributed by atoms with van der Waals surface area (Å²) in [5.74, 6) is 2.61. The van der Waals surface area contributed by atoms with Crippen molar-refractivity contribution < 1.29 is 4.74 Å². The van der Waals surface area contributed by atoms with Crippen LogP contribution >= 0.6 is 23.4 Å². The van der Waals surface area contributed by atoms with E-state index in [4.69, 9.17) is 16.3 Å². The summed E-state index contributed by atoms with van der Waals surface area (Å²) in [6.45, 7) is 6.96. The smallest absolute Gasteiger partial charge is 0.160 e. The van der Waals surface area contributed by atoms with Crippen LogP contribution in [0.4, 0.5) is 0 Å². The van der Waals surface area contributed by atoms with Crippen LogP contribution in [0.2, 0.25) is 5.15 Å². The Morgan fingerprint density at radius 1 is 1.37 bits per heavy atom. The fourth-order valence-electron chi connectivity index (χ4n) is 2.47. The van der Waals surface area contributed by atoms with Crippen molar-refractivity contribution >= 4 is 23.4 Å². The molecule has 1 aromatic heterocycles. The quantitative estimate of drug-likeness (QED) is 0.785. The number of hydrogen-bond acceptors (Lipinski definition) is 5. The number of morpholine rings is 1. The van der Waals surface area contributed by atoms with Gasteiger partial charge in [0, 0.05) is 36.2 Å². The summed E-state index contributed by atoms with van der Waals surface area (Å²) in [5.41, 5.74) is 2.19. The lowest BCUT2D eigenvalue weighted by Crippen LogP contribution is -2.42. The maximum atomic E-state index is 6.26. The minimum atomic E-state index is -0.0513. The third-order valence-electron chi connectivity index (χ3n) is 3.66. The van der Waals surface area contributed by atoms with Gasteiger partial charge in [-0.1, -0.05) is 11.6 Å². The Balaban J connectivity index is 1.84. The fraction of sp³-hybridized carbons (Fsp3) is 0.692. The molecule has 0 N–H and O–H groups in total. The number of fused-ring (bicyclic) bond motifs is 1. The standard InChI is InChI=1S/C13H18ClN3OS/c1-8(2)17-3-4-18-11(5-17)13-15-10-7-19-6-9(10)12(14)16-13/h8,11H,3-7H2,1-2H3. The lowest BCUT2D eigenvalue weighted by atomic mass is 10.2. The van der Waals surface area contributed by atoms with Gasteiger partial charge in [-0.25, -0.2) is 9.97 Å². The van der Waals surface area contributed by atoms with Crippen LogP contribution in [0.3, 0.4) is 0 Å². The molecule has 2 aliphatic heterocycles. The third-order valence-corrected chi connectivity index (χ3v) is 4.94. The van der Waals surface area contributed by atoms with Crippen LogP contribution in [0.15, 0.2) is 0 Å². The molecule has 1 atom stereocenters. The molecule has 19 heavy (non-hydrogen) atoms. The molecule has 1 fully saturated rings. The van der Waals surface area contributed by atoms with Crippen LogP contribution in [0.1, 0.15) is 37.0 Å². The Morgan fingerprint density at radius 2 is 2.21 bits per heavy atom. The van der Waals surface area contributed by atoms with E-state index in [1.807, 2.05) is 11.8 Å². The predicted octanol–water partition coefficient (Wildman–Crippen LogP) is 2.66. The van der Waals surface area contributed by atoms with E-state index in [0.29, 0.717) is 11.2 Å². The Bertz CT molecular complexity index is 483. The molecular formula is C13H18ClN3OS. The minimum absolute atomic E-state index is 0.0513. The summed E-state index contributed by atoms with van der Waals surface area (Å²) in [6.07, 6.45) is -0.0513. The van der Waals surface area contributed by atoms with E-state index in [1.165, 1.54) is 0 Å². The van der Waals surface area contributed by atoms with Gasteiger partial charge in [-0.05, 0) is 13.8 Å². The summed E-state index contributed by atoms with van der Waals surface area (Å²) in [7, 11) is 0. The van der Waals surface area contributed by atoms with Crippen molar-refractivity contribution in [3.63, 3.8) is 0 Å². The lowest BCUT2D eigenvalue weighted by Gasteiger charge is -2.34. The summed E-state index contributed by atoms with van der Waals surface area (Å²) in [6, 6.07) is 0.520. The topological polar surface area (TPSA) is 38.2 Å². The average molecular weight is 300 g/mol. The molecule has 3 heterocycles. The molecule has 0 amide bonds. The summed E-state index contributed by atoms with van der Waals surface area (Å²) >= 11 is 8.10. The highest BCUT2D eigenvalue weighted by molar-refractivity contribution is 7.98. The number of halogens is 1. The SMILES string of the molecule is CC(C)N1CCOC(c2nc(Cl)c3c(n2)CSC3)C1. The van der Waals surface area contributed by atoms with Gasteiger partial charge in [0.15, 0.2) is 5.82 Å². The lowest BCUT2D eigenvalue weighted by molar-refractivity contribution is -0.0443. The molecule has 0 aliphatic carbocycles. The van der Waals surface area contributed by atoms with Crippen molar-refractivity contribution in [2.24, 2.45) is 0 Å². The van der Waals surface area contributed by atoms with Crippen LogP contribution in [-0.2, 0) is 16.2 Å². The molecule has 0 aromatic carbocycles. The molecular weight excluding hydrogens is 282 g/mol. The highest BCUT2D eigenvalue weighted by Gasteiger charge is 2.28. The second kappa shape index (κ2) is 5.56. The zero-order valence-corrected chi connectivity index (χ0v) is 12.8. The largest absolute Gasteiger partial charge is 0.368 e. The maximum absolute atomic E-state index is 6.26. The van der Waals surface area contributed by atoms with Gasteiger partial charge in [-0.2, -0.15) is 11.8 Å². The van der Waals surface area contributed by atoms with Crippen LogP contribution in [0.25, 0.3) is 0 Å². The molecule has 0 radical (unpaired) electrons. The molecule has 1 aromatic rings. The normalized spacial score (nSPS) is 23.9. The van der Waals surface area contributed by atoms with E-state index in [-0.39, 0.29) is 6.10 Å². The van der Waals surface area contributed by atoms with Crippen molar-refractivity contribution in [2.75, 3.05) is 19.7 Å². The number of nitrogens with zero attached hydrogens (tertiary/aromatic N) is 3. The van der Waals surface area contributed by atoms with Crippen molar-refractivity contribution in [3.05, 3.63) is 22.2 Å². The highest BCUT2D eigenvalue weighted by Crippen LogP contribution is 2.34. The van der Waals surface area contributed by atoms with Gasteiger partial charge in [0.1, 0.15) is 11.3 Å². The van der Waals surface area contributed by atoms with Crippen LogP contribution in [0.5, 0.6) is 0 Å². The average Bonchev–Trinajstić information content (AvgIpc) is 2.87. The van der Waals surface area contributed by atoms with E-state index in [0.717, 1.165) is 48.3 Å². The summed E-state index contributed by atoms with van der Waals surface area (Å²) in [5, 5.41) is 0.607. The third kappa shape index (κ3) is 2.75. The van der Waals surface area contributed by atoms with Gasteiger partial charge in [-0.15, -0.1) is 0 Å². The minimum Gasteiger partial charge on any atom is -0.368 e. The van der Waals surface area contributed by atoms with Gasteiger partial charge < -0.3 is 4.74 Å². The first-order valence-electron chi connectivity index (χ1n) is 6.63. The molecule has 6 heteroatoms. The monoisotopic (exact) mass is 299 g/mol. The Labute approximate surface area is 122 Å². The first-order valence-corrected chi connectivity index (χ1v) is 8.17. The molecule has 3 rings (SSSR count). The van der Waals surface area contributed by atoms with Crippen molar-refractivity contribution in [1.82, 2.24) is 14.9 Å². The molecule has 1 saturated heterocycles. The van der Waals surface area contributed by atoms with Crippen LogP contribution < -0.4 is 0 Å². The first-order chi connectivity index (χ1) is 9.15. The van der Waals surface area contributed by atoms with Crippen LogP contribution in [-0.4, -0.2) is 40.6 Å². The molecule has 104 valence electrons. The molecule has 0 spiro atoms. The molecule has 1 unspecified atom stereocenters. The highest BCUT2D eigenvalue weighted by atomic mass is 35.5. The summed E-state index contributed by atoms with van der Waals surface area (Å²) < 4.78 is 5.83. The molecule has 0 saturated carbocycles. The van der Waals surface area contributed by atoms with Gasteiger partial charge in [0.25, 0.3) is 0 Å². The van der Waals surface area contributed by atoms with Crippen molar-refractivity contribution in [1.29, 1.82) is 0 Å². The van der Waals surface area contributed by atoms with E-state index in [9.17, 15) is 0 Å². The Kier molecular flexibility index (Phi) is 3.98. The second-order valence-corrected chi connectivity index (χ2v) is 6.58. The zero-order valence-electron chi connectivity index (χ0n) is 11.2. The van der Waals surface area contributed by atoms with E-state index in [1.54, 1.807) is 0 Å².